The summed E-state index contributed by atoms with van der Waals surface area (Å²) in [6.45, 7) is 1.64. The molecule has 0 spiro atoms. The highest BCUT2D eigenvalue weighted by atomic mass is 32.2. The van der Waals surface area contributed by atoms with E-state index in [1.54, 1.807) is 43.3 Å². The van der Waals surface area contributed by atoms with E-state index < -0.39 is 40.5 Å². The van der Waals surface area contributed by atoms with Crippen molar-refractivity contribution in [2.75, 3.05) is 6.26 Å². The molecule has 3 rings (SSSR count). The highest BCUT2D eigenvalue weighted by Gasteiger charge is 2.33. The van der Waals surface area contributed by atoms with Crippen LogP contribution in [0.3, 0.4) is 0 Å². The minimum Gasteiger partial charge on any atom is -0.351 e. The Balaban J connectivity index is 1.76. The number of amides is 1. The van der Waals surface area contributed by atoms with Gasteiger partial charge in [0, 0.05) is 30.5 Å². The van der Waals surface area contributed by atoms with E-state index in [4.69, 9.17) is 0 Å². The Labute approximate surface area is 197 Å². The first-order valence-corrected chi connectivity index (χ1v) is 11.9. The molecule has 2 N–H and O–H groups in total. The van der Waals surface area contributed by atoms with Crippen molar-refractivity contribution in [2.24, 2.45) is 0 Å². The monoisotopic (exact) mass is 493 g/mol. The lowest BCUT2D eigenvalue weighted by Crippen LogP contribution is -2.28. The Kier molecular flexibility index (Phi) is 8.16. The zero-order valence-corrected chi connectivity index (χ0v) is 19.3. The van der Waals surface area contributed by atoms with Gasteiger partial charge in [-0.1, -0.05) is 48.5 Å². The SMILES string of the molecule is CC(C(=O)NCc1ccc(C(F)(F)F)nc1-c1ccccc1)c1ccc(CNS(C)=O)c(F)c1. The van der Waals surface area contributed by atoms with Gasteiger partial charge in [-0.25, -0.2) is 18.3 Å². The fourth-order valence-electron chi connectivity index (χ4n) is 3.28. The number of carbonyl (C=O) groups excluding carboxylic acids is 1. The van der Waals surface area contributed by atoms with E-state index in [9.17, 15) is 26.6 Å². The van der Waals surface area contributed by atoms with E-state index in [1.165, 1.54) is 24.5 Å². The van der Waals surface area contributed by atoms with Crippen LogP contribution in [0.2, 0.25) is 0 Å². The van der Waals surface area contributed by atoms with Gasteiger partial charge in [-0.2, -0.15) is 13.2 Å². The van der Waals surface area contributed by atoms with E-state index in [0.717, 1.165) is 6.07 Å². The second kappa shape index (κ2) is 10.9. The van der Waals surface area contributed by atoms with Crippen LogP contribution in [-0.2, 0) is 35.0 Å². The Morgan fingerprint density at radius 3 is 2.32 bits per heavy atom. The quantitative estimate of drug-likeness (QED) is 0.447. The van der Waals surface area contributed by atoms with Gasteiger partial charge >= 0.3 is 6.18 Å². The number of carbonyl (C=O) groups is 1. The smallest absolute Gasteiger partial charge is 0.351 e. The van der Waals surface area contributed by atoms with Gasteiger partial charge < -0.3 is 5.32 Å². The van der Waals surface area contributed by atoms with E-state index >= 15 is 0 Å². The average Bonchev–Trinajstić information content (AvgIpc) is 2.81. The first-order valence-electron chi connectivity index (χ1n) is 10.3. The molecule has 3 aromatic rings. The molecule has 1 aromatic heterocycles. The summed E-state index contributed by atoms with van der Waals surface area (Å²) in [6, 6.07) is 14.9. The predicted octanol–water partition coefficient (Wildman–Crippen LogP) is 4.71. The topological polar surface area (TPSA) is 71.1 Å². The molecule has 0 aliphatic heterocycles. The molecule has 0 aliphatic carbocycles. The molecule has 2 unspecified atom stereocenters. The first kappa shape index (κ1) is 25.5. The van der Waals surface area contributed by atoms with Gasteiger partial charge in [-0.05, 0) is 30.2 Å². The highest BCUT2D eigenvalue weighted by molar-refractivity contribution is 7.82. The van der Waals surface area contributed by atoms with Gasteiger partial charge in [0.2, 0.25) is 5.91 Å². The molecule has 0 saturated carbocycles. The predicted molar refractivity (Wildman–Crippen MR) is 122 cm³/mol. The third kappa shape index (κ3) is 6.48. The van der Waals surface area contributed by atoms with E-state index in [-0.39, 0.29) is 18.8 Å². The van der Waals surface area contributed by atoms with Crippen LogP contribution >= 0.6 is 0 Å². The minimum absolute atomic E-state index is 0.0503. The summed E-state index contributed by atoms with van der Waals surface area (Å²) < 4.78 is 67.7. The zero-order chi connectivity index (χ0) is 24.9. The normalized spacial score (nSPS) is 13.4. The van der Waals surface area contributed by atoms with Crippen LogP contribution < -0.4 is 10.0 Å². The summed E-state index contributed by atoms with van der Waals surface area (Å²) in [5.74, 6) is -1.66. The molecule has 2 aromatic carbocycles. The van der Waals surface area contributed by atoms with Crippen molar-refractivity contribution >= 4 is 16.9 Å². The third-order valence-electron chi connectivity index (χ3n) is 5.21. The van der Waals surface area contributed by atoms with Crippen LogP contribution in [0.1, 0.15) is 35.2 Å². The molecule has 34 heavy (non-hydrogen) atoms. The zero-order valence-electron chi connectivity index (χ0n) is 18.4. The van der Waals surface area contributed by atoms with Crippen molar-refractivity contribution in [2.45, 2.75) is 32.1 Å². The number of hydrogen-bond acceptors (Lipinski definition) is 3. The summed E-state index contributed by atoms with van der Waals surface area (Å²) in [7, 11) is -1.29. The standard InChI is InChI=1S/C24H23F4N3O2S/c1-15(17-8-9-18(20(25)12-17)14-30-34(2)33)23(32)29-13-19-10-11-21(24(26,27)28)31-22(19)16-6-4-3-5-7-16/h3-12,15,30H,13-14H2,1-2H3,(H,29,32). The van der Waals surface area contributed by atoms with Crippen LogP contribution in [0.25, 0.3) is 11.3 Å². The lowest BCUT2D eigenvalue weighted by atomic mass is 9.98. The molecule has 0 fully saturated rings. The molecule has 0 aliphatic rings. The molecular formula is C24H23F4N3O2S. The maximum absolute atomic E-state index is 14.4. The number of rotatable bonds is 8. The molecule has 1 heterocycles. The number of alkyl halides is 3. The Morgan fingerprint density at radius 2 is 1.71 bits per heavy atom. The van der Waals surface area contributed by atoms with Gasteiger partial charge in [-0.3, -0.25) is 4.79 Å². The largest absolute Gasteiger partial charge is 0.433 e. The highest BCUT2D eigenvalue weighted by Crippen LogP contribution is 2.31. The number of aromatic nitrogens is 1. The lowest BCUT2D eigenvalue weighted by Gasteiger charge is -2.16. The molecule has 2 atom stereocenters. The van der Waals surface area contributed by atoms with Gasteiger partial charge in [0.05, 0.1) is 22.6 Å². The van der Waals surface area contributed by atoms with Crippen LogP contribution in [0, 0.1) is 5.82 Å². The molecule has 10 heteroatoms. The number of nitrogens with one attached hydrogen (secondary N) is 2. The second-order valence-corrected chi connectivity index (χ2v) is 8.83. The van der Waals surface area contributed by atoms with Crippen molar-refractivity contribution in [3.05, 3.63) is 88.9 Å². The molecule has 1 amide bonds. The van der Waals surface area contributed by atoms with Crippen LogP contribution in [0.4, 0.5) is 17.6 Å². The van der Waals surface area contributed by atoms with Gasteiger partial charge in [0.25, 0.3) is 0 Å². The number of halogens is 4. The maximum atomic E-state index is 14.4. The van der Waals surface area contributed by atoms with Crippen LogP contribution in [-0.4, -0.2) is 21.4 Å². The summed E-state index contributed by atoms with van der Waals surface area (Å²) >= 11 is 0. The van der Waals surface area contributed by atoms with Gasteiger partial charge in [-0.15, -0.1) is 0 Å². The number of benzene rings is 2. The Hall–Kier alpha value is -3.11. The molecular weight excluding hydrogens is 470 g/mol. The summed E-state index contributed by atoms with van der Waals surface area (Å²) in [5.41, 5.74) is 0.761. The van der Waals surface area contributed by atoms with Gasteiger partial charge in [0.15, 0.2) is 0 Å². The summed E-state index contributed by atoms with van der Waals surface area (Å²) in [5, 5.41) is 2.70. The third-order valence-corrected chi connectivity index (χ3v) is 5.76. The summed E-state index contributed by atoms with van der Waals surface area (Å²) in [6.07, 6.45) is -3.16. The molecule has 5 nitrogen and oxygen atoms in total. The molecule has 0 saturated heterocycles. The van der Waals surface area contributed by atoms with Crippen molar-refractivity contribution in [3.8, 4) is 11.3 Å². The Bertz CT molecular complexity index is 1190. The molecule has 0 bridgehead atoms. The fourth-order valence-corrected chi connectivity index (χ4v) is 3.64. The average molecular weight is 494 g/mol. The van der Waals surface area contributed by atoms with E-state index in [1.807, 2.05) is 0 Å². The van der Waals surface area contributed by atoms with Crippen molar-refractivity contribution in [1.82, 2.24) is 15.0 Å². The minimum atomic E-state index is -4.60. The maximum Gasteiger partial charge on any atom is 0.433 e. The van der Waals surface area contributed by atoms with Crippen molar-refractivity contribution < 1.29 is 26.6 Å². The van der Waals surface area contributed by atoms with Gasteiger partial charge in [0.1, 0.15) is 11.5 Å². The van der Waals surface area contributed by atoms with Crippen molar-refractivity contribution in [1.29, 1.82) is 0 Å². The first-order chi connectivity index (χ1) is 16.1. The van der Waals surface area contributed by atoms with E-state index in [2.05, 4.69) is 15.0 Å². The van der Waals surface area contributed by atoms with Crippen molar-refractivity contribution in [3.63, 3.8) is 0 Å². The molecule has 0 radical (unpaired) electrons. The fraction of sp³-hybridized carbons (Fsp3) is 0.250. The lowest BCUT2D eigenvalue weighted by molar-refractivity contribution is -0.141. The van der Waals surface area contributed by atoms with Crippen LogP contribution in [0.5, 0.6) is 0 Å². The number of pyridine rings is 1. The van der Waals surface area contributed by atoms with E-state index in [0.29, 0.717) is 22.3 Å². The number of nitrogens with zero attached hydrogens (tertiary/aromatic N) is 1. The molecule has 180 valence electrons. The second-order valence-electron chi connectivity index (χ2n) is 7.63. The Morgan fingerprint density at radius 1 is 1.03 bits per heavy atom. The summed E-state index contributed by atoms with van der Waals surface area (Å²) in [4.78, 5) is 16.5. The number of hydrogen-bond donors (Lipinski definition) is 2. The van der Waals surface area contributed by atoms with Crippen LogP contribution in [0.15, 0.2) is 60.7 Å².